The number of benzene rings is 1. The van der Waals surface area contributed by atoms with Gasteiger partial charge in [-0.1, -0.05) is 11.8 Å². The molecule has 21 heavy (non-hydrogen) atoms. The van der Waals surface area contributed by atoms with Gasteiger partial charge < -0.3 is 20.9 Å². The zero-order valence-electron chi connectivity index (χ0n) is 11.2. The van der Waals surface area contributed by atoms with E-state index in [-0.39, 0.29) is 31.9 Å². The van der Waals surface area contributed by atoms with E-state index in [4.69, 9.17) is 15.6 Å². The van der Waals surface area contributed by atoms with Gasteiger partial charge in [-0.15, -0.1) is 0 Å². The molecule has 7 heteroatoms. The van der Waals surface area contributed by atoms with Gasteiger partial charge in [0.25, 0.3) is 5.91 Å². The number of amides is 2. The number of primary amides is 1. The van der Waals surface area contributed by atoms with Gasteiger partial charge >= 0.3 is 0 Å². The predicted octanol–water partition coefficient (Wildman–Crippen LogP) is -0.599. The van der Waals surface area contributed by atoms with Gasteiger partial charge in [-0.3, -0.25) is 9.59 Å². The maximum absolute atomic E-state index is 13.7. The number of nitrogens with one attached hydrogen (secondary N) is 1. The third-order valence-corrected chi connectivity index (χ3v) is 2.30. The van der Waals surface area contributed by atoms with Crippen molar-refractivity contribution in [1.29, 1.82) is 0 Å². The molecule has 4 N–H and O–H groups in total. The van der Waals surface area contributed by atoms with Crippen molar-refractivity contribution in [2.45, 2.75) is 0 Å². The van der Waals surface area contributed by atoms with Crippen LogP contribution >= 0.6 is 0 Å². The number of rotatable bonds is 6. The number of carbonyl (C=O) groups is 2. The van der Waals surface area contributed by atoms with Crippen molar-refractivity contribution in [2.24, 2.45) is 5.73 Å². The lowest BCUT2D eigenvalue weighted by Gasteiger charge is -2.06. The second kappa shape index (κ2) is 8.68. The fourth-order valence-electron chi connectivity index (χ4n) is 1.42. The molecule has 0 bridgehead atoms. The lowest BCUT2D eigenvalue weighted by Crippen LogP contribution is -2.29. The van der Waals surface area contributed by atoms with Gasteiger partial charge in [0.1, 0.15) is 19.0 Å². The number of nitrogens with two attached hydrogens (primary N) is 1. The average molecular weight is 294 g/mol. The number of hydrogen-bond donors (Lipinski definition) is 3. The number of carbonyl (C=O) groups excluding carboxylic acids is 2. The minimum atomic E-state index is -0.713. The normalized spacial score (nSPS) is 9.62. The Balaban J connectivity index is 2.52. The molecule has 0 saturated heterocycles. The molecule has 0 aliphatic carbocycles. The topological polar surface area (TPSA) is 102 Å². The summed E-state index contributed by atoms with van der Waals surface area (Å²) >= 11 is 0. The minimum Gasteiger partial charge on any atom is -0.384 e. The summed E-state index contributed by atoms with van der Waals surface area (Å²) in [4.78, 5) is 22.1. The summed E-state index contributed by atoms with van der Waals surface area (Å²) in [5, 5.41) is 11.0. The summed E-state index contributed by atoms with van der Waals surface area (Å²) in [6.07, 6.45) is 0. The molecule has 2 amide bonds. The molecule has 0 aliphatic rings. The molecule has 1 rings (SSSR count). The molecule has 0 atom stereocenters. The van der Waals surface area contributed by atoms with Gasteiger partial charge in [0, 0.05) is 12.1 Å². The highest BCUT2D eigenvalue weighted by molar-refractivity contribution is 5.94. The zero-order chi connectivity index (χ0) is 15.7. The number of hydrogen-bond acceptors (Lipinski definition) is 4. The van der Waals surface area contributed by atoms with E-state index in [0.29, 0.717) is 5.56 Å². The first kappa shape index (κ1) is 16.6. The van der Waals surface area contributed by atoms with Crippen LogP contribution in [0.4, 0.5) is 4.39 Å². The third-order valence-electron chi connectivity index (χ3n) is 2.30. The molecule has 0 aromatic heterocycles. The van der Waals surface area contributed by atoms with Crippen molar-refractivity contribution >= 4 is 11.8 Å². The maximum atomic E-state index is 13.7. The molecule has 0 unspecified atom stereocenters. The van der Waals surface area contributed by atoms with Crippen molar-refractivity contribution in [3.63, 3.8) is 0 Å². The van der Waals surface area contributed by atoms with Crippen molar-refractivity contribution in [3.8, 4) is 11.8 Å². The summed E-state index contributed by atoms with van der Waals surface area (Å²) < 4.78 is 18.6. The molecule has 0 fully saturated rings. The van der Waals surface area contributed by atoms with E-state index in [1.165, 1.54) is 12.1 Å². The van der Waals surface area contributed by atoms with Crippen LogP contribution in [0.5, 0.6) is 0 Å². The van der Waals surface area contributed by atoms with Gasteiger partial charge in [0.15, 0.2) is 0 Å². The standard InChI is InChI=1S/C14H15FN2O4/c15-12-8-10(2-1-6-18)3-4-11(12)14(20)17-5-7-21-9-13(16)19/h3-4,8,18H,5-7,9H2,(H2,16,19)(H,17,20). The van der Waals surface area contributed by atoms with E-state index in [9.17, 15) is 14.0 Å². The first-order valence-corrected chi connectivity index (χ1v) is 6.08. The lowest BCUT2D eigenvalue weighted by atomic mass is 10.1. The number of aliphatic hydroxyl groups is 1. The summed E-state index contributed by atoms with van der Waals surface area (Å²) in [5.41, 5.74) is 5.10. The number of halogens is 1. The minimum absolute atomic E-state index is 0.0936. The van der Waals surface area contributed by atoms with Crippen LogP contribution in [0.25, 0.3) is 0 Å². The van der Waals surface area contributed by atoms with Gasteiger partial charge in [-0.25, -0.2) is 4.39 Å². The summed E-state index contributed by atoms with van der Waals surface area (Å²) in [6.45, 7) is -0.342. The van der Waals surface area contributed by atoms with E-state index in [0.717, 1.165) is 6.07 Å². The molecule has 0 spiro atoms. The van der Waals surface area contributed by atoms with Crippen LogP contribution < -0.4 is 11.1 Å². The summed E-state index contributed by atoms with van der Waals surface area (Å²) in [7, 11) is 0. The van der Waals surface area contributed by atoms with Crippen molar-refractivity contribution < 1.29 is 23.8 Å². The highest BCUT2D eigenvalue weighted by Crippen LogP contribution is 2.09. The Morgan fingerprint density at radius 1 is 1.43 bits per heavy atom. The van der Waals surface area contributed by atoms with E-state index >= 15 is 0 Å². The molecule has 112 valence electrons. The Kier molecular flexibility index (Phi) is 6.87. The van der Waals surface area contributed by atoms with Crippen molar-refractivity contribution in [2.75, 3.05) is 26.4 Å². The van der Waals surface area contributed by atoms with Crippen molar-refractivity contribution in [1.82, 2.24) is 5.32 Å². The highest BCUT2D eigenvalue weighted by Gasteiger charge is 2.11. The van der Waals surface area contributed by atoms with Gasteiger partial charge in [0.2, 0.25) is 5.91 Å². The molecule has 6 nitrogen and oxygen atoms in total. The molecular weight excluding hydrogens is 279 g/mol. The Morgan fingerprint density at radius 3 is 2.81 bits per heavy atom. The summed E-state index contributed by atoms with van der Waals surface area (Å²) in [6, 6.07) is 3.89. The lowest BCUT2D eigenvalue weighted by molar-refractivity contribution is -0.122. The van der Waals surface area contributed by atoms with E-state index in [1.807, 2.05) is 0 Å². The van der Waals surface area contributed by atoms with Crippen molar-refractivity contribution in [3.05, 3.63) is 35.1 Å². The van der Waals surface area contributed by atoms with E-state index in [2.05, 4.69) is 17.2 Å². The maximum Gasteiger partial charge on any atom is 0.254 e. The Morgan fingerprint density at radius 2 is 2.19 bits per heavy atom. The van der Waals surface area contributed by atoms with Gasteiger partial charge in [-0.2, -0.15) is 0 Å². The van der Waals surface area contributed by atoms with Crippen LogP contribution in [-0.4, -0.2) is 43.3 Å². The van der Waals surface area contributed by atoms with E-state index in [1.54, 1.807) is 0 Å². The smallest absolute Gasteiger partial charge is 0.254 e. The molecular formula is C14H15FN2O4. The number of aliphatic hydroxyl groups excluding tert-OH is 1. The fraction of sp³-hybridized carbons (Fsp3) is 0.286. The zero-order valence-corrected chi connectivity index (χ0v) is 11.2. The first-order valence-electron chi connectivity index (χ1n) is 6.08. The third kappa shape index (κ3) is 6.03. The quantitative estimate of drug-likeness (QED) is 0.481. The van der Waals surface area contributed by atoms with Crippen LogP contribution in [-0.2, 0) is 9.53 Å². The molecule has 1 aromatic carbocycles. The van der Waals surface area contributed by atoms with Crippen LogP contribution in [0.15, 0.2) is 18.2 Å². The van der Waals surface area contributed by atoms with Crippen LogP contribution in [0.2, 0.25) is 0 Å². The largest absolute Gasteiger partial charge is 0.384 e. The Bertz CT molecular complexity index is 578. The predicted molar refractivity (Wildman–Crippen MR) is 72.7 cm³/mol. The molecule has 0 saturated carbocycles. The monoisotopic (exact) mass is 294 g/mol. The Hall–Kier alpha value is -2.43. The summed E-state index contributed by atoms with van der Waals surface area (Å²) in [5.74, 6) is 3.00. The van der Waals surface area contributed by atoms with Crippen LogP contribution in [0.1, 0.15) is 15.9 Å². The fourth-order valence-corrected chi connectivity index (χ4v) is 1.42. The molecule has 0 heterocycles. The molecule has 0 aliphatic heterocycles. The first-order chi connectivity index (χ1) is 10.0. The highest BCUT2D eigenvalue weighted by atomic mass is 19.1. The SMILES string of the molecule is NC(=O)COCCNC(=O)c1ccc(C#CCO)cc1F. The van der Waals surface area contributed by atoms with Gasteiger partial charge in [-0.05, 0) is 18.2 Å². The molecule has 0 radical (unpaired) electrons. The second-order valence-corrected chi connectivity index (χ2v) is 3.93. The van der Waals surface area contributed by atoms with Crippen LogP contribution in [0.3, 0.4) is 0 Å². The second-order valence-electron chi connectivity index (χ2n) is 3.93. The van der Waals surface area contributed by atoms with Crippen LogP contribution in [0, 0.1) is 17.7 Å². The Labute approximate surface area is 121 Å². The number of ether oxygens (including phenoxy) is 1. The van der Waals surface area contributed by atoms with Gasteiger partial charge in [0.05, 0.1) is 12.2 Å². The van der Waals surface area contributed by atoms with E-state index < -0.39 is 17.6 Å². The molecule has 1 aromatic rings. The average Bonchev–Trinajstić information content (AvgIpc) is 2.44.